The molecule has 3 heterocycles. The lowest BCUT2D eigenvalue weighted by Crippen LogP contribution is -2.45. The van der Waals surface area contributed by atoms with Crippen LogP contribution in [0.2, 0.25) is 0 Å². The summed E-state index contributed by atoms with van der Waals surface area (Å²) in [6.45, 7) is 3.67. The predicted octanol–water partition coefficient (Wildman–Crippen LogP) is 1.82. The maximum absolute atomic E-state index is 12.6. The lowest BCUT2D eigenvalue weighted by atomic mass is 10.1. The molecule has 0 spiro atoms. The minimum absolute atomic E-state index is 0.0591. The van der Waals surface area contributed by atoms with Crippen molar-refractivity contribution in [1.29, 1.82) is 0 Å². The molecule has 1 aliphatic heterocycles. The molecule has 0 unspecified atom stereocenters. The molecule has 3 rings (SSSR count). The largest absolute Gasteiger partial charge is 0.462 e. The van der Waals surface area contributed by atoms with Gasteiger partial charge in [0.05, 0.1) is 18.0 Å². The van der Waals surface area contributed by atoms with E-state index in [0.29, 0.717) is 15.5 Å². The van der Waals surface area contributed by atoms with Crippen LogP contribution in [0.25, 0.3) is 11.0 Å². The number of carbonyl (C=O) groups excluding carboxylic acids is 1. The SMILES string of the molecule is CCOC(=O)c1cn(C2CN(C)C2)c2ncc(Br)cc2c1=O. The van der Waals surface area contributed by atoms with E-state index < -0.39 is 5.97 Å². The summed E-state index contributed by atoms with van der Waals surface area (Å²) in [5.74, 6) is -0.587. The Morgan fingerprint density at radius 1 is 1.50 bits per heavy atom. The predicted molar refractivity (Wildman–Crippen MR) is 86.2 cm³/mol. The van der Waals surface area contributed by atoms with Gasteiger partial charge < -0.3 is 14.2 Å². The highest BCUT2D eigenvalue weighted by Crippen LogP contribution is 2.24. The summed E-state index contributed by atoms with van der Waals surface area (Å²) in [5, 5.41) is 0.425. The van der Waals surface area contributed by atoms with Crippen LogP contribution in [0.1, 0.15) is 23.3 Å². The Morgan fingerprint density at radius 2 is 2.23 bits per heavy atom. The standard InChI is InChI=1S/C15H16BrN3O3/c1-3-22-15(21)12-8-19(10-6-18(2)7-10)14-11(13(12)20)4-9(16)5-17-14/h4-5,8,10H,3,6-7H2,1-2H3. The third-order valence-electron chi connectivity index (χ3n) is 3.77. The van der Waals surface area contributed by atoms with Crippen LogP contribution in [0, 0.1) is 0 Å². The smallest absolute Gasteiger partial charge is 0.343 e. The molecule has 0 aliphatic carbocycles. The van der Waals surface area contributed by atoms with Crippen molar-refractivity contribution >= 4 is 32.9 Å². The van der Waals surface area contributed by atoms with Crippen molar-refractivity contribution in [3.05, 3.63) is 38.7 Å². The number of likely N-dealkylation sites (N-methyl/N-ethyl adjacent to an activating group) is 1. The van der Waals surface area contributed by atoms with E-state index in [1.165, 1.54) is 0 Å². The zero-order valence-electron chi connectivity index (χ0n) is 12.4. The van der Waals surface area contributed by atoms with E-state index in [-0.39, 0.29) is 23.6 Å². The molecule has 22 heavy (non-hydrogen) atoms. The second-order valence-electron chi connectivity index (χ2n) is 5.40. The highest BCUT2D eigenvalue weighted by molar-refractivity contribution is 9.10. The van der Waals surface area contributed by atoms with Gasteiger partial charge in [-0.05, 0) is 36.0 Å². The molecule has 1 saturated heterocycles. The summed E-state index contributed by atoms with van der Waals surface area (Å²) >= 11 is 3.33. The number of halogens is 1. The lowest BCUT2D eigenvalue weighted by molar-refractivity contribution is 0.0523. The number of pyridine rings is 2. The Bertz CT molecular complexity index is 796. The normalized spacial score (nSPS) is 15.8. The number of hydrogen-bond acceptors (Lipinski definition) is 5. The minimum Gasteiger partial charge on any atom is -0.462 e. The Morgan fingerprint density at radius 3 is 2.86 bits per heavy atom. The number of ether oxygens (including phenoxy) is 1. The molecule has 0 bridgehead atoms. The van der Waals surface area contributed by atoms with Crippen molar-refractivity contribution in [2.45, 2.75) is 13.0 Å². The van der Waals surface area contributed by atoms with Gasteiger partial charge in [0.2, 0.25) is 5.43 Å². The van der Waals surface area contributed by atoms with Gasteiger partial charge in [0, 0.05) is 30.0 Å². The molecular formula is C15H16BrN3O3. The second kappa shape index (κ2) is 5.81. The maximum atomic E-state index is 12.6. The topological polar surface area (TPSA) is 64.4 Å². The van der Waals surface area contributed by atoms with Gasteiger partial charge >= 0.3 is 5.97 Å². The number of aromatic nitrogens is 2. The van der Waals surface area contributed by atoms with Gasteiger partial charge in [-0.15, -0.1) is 0 Å². The van der Waals surface area contributed by atoms with E-state index >= 15 is 0 Å². The number of hydrogen-bond donors (Lipinski definition) is 0. The van der Waals surface area contributed by atoms with Crippen molar-refractivity contribution in [3.8, 4) is 0 Å². The molecule has 1 fully saturated rings. The first-order valence-electron chi connectivity index (χ1n) is 7.07. The number of nitrogens with zero attached hydrogens (tertiary/aromatic N) is 3. The molecule has 0 N–H and O–H groups in total. The number of rotatable bonds is 3. The molecule has 0 saturated carbocycles. The lowest BCUT2D eigenvalue weighted by Gasteiger charge is -2.38. The van der Waals surface area contributed by atoms with Gasteiger partial charge in [0.15, 0.2) is 0 Å². The van der Waals surface area contributed by atoms with Gasteiger partial charge in [-0.2, -0.15) is 0 Å². The summed E-state index contributed by atoms with van der Waals surface area (Å²) in [4.78, 5) is 31.1. The quantitative estimate of drug-likeness (QED) is 0.776. The molecule has 0 aromatic carbocycles. The second-order valence-corrected chi connectivity index (χ2v) is 6.32. The van der Waals surface area contributed by atoms with Gasteiger partial charge in [-0.1, -0.05) is 0 Å². The van der Waals surface area contributed by atoms with Crippen molar-refractivity contribution in [3.63, 3.8) is 0 Å². The van der Waals surface area contributed by atoms with Crippen molar-refractivity contribution in [1.82, 2.24) is 14.5 Å². The Balaban J connectivity index is 2.22. The first-order valence-corrected chi connectivity index (χ1v) is 7.86. The van der Waals surface area contributed by atoms with Crippen LogP contribution in [0.4, 0.5) is 0 Å². The molecule has 6 nitrogen and oxygen atoms in total. The average molecular weight is 366 g/mol. The Labute approximate surface area is 135 Å². The molecule has 116 valence electrons. The van der Waals surface area contributed by atoms with Crippen LogP contribution < -0.4 is 5.43 Å². The molecule has 2 aromatic heterocycles. The zero-order valence-corrected chi connectivity index (χ0v) is 14.0. The number of fused-ring (bicyclic) bond motifs is 1. The first-order chi connectivity index (χ1) is 10.5. The monoisotopic (exact) mass is 365 g/mol. The summed E-state index contributed by atoms with van der Waals surface area (Å²) < 4.78 is 7.62. The highest BCUT2D eigenvalue weighted by Gasteiger charge is 2.28. The van der Waals surface area contributed by atoms with Crippen molar-refractivity contribution < 1.29 is 9.53 Å². The third-order valence-corrected chi connectivity index (χ3v) is 4.20. The summed E-state index contributed by atoms with van der Waals surface area (Å²) in [5.41, 5.74) is 0.314. The van der Waals surface area contributed by atoms with Crippen LogP contribution in [0.15, 0.2) is 27.7 Å². The fourth-order valence-corrected chi connectivity index (χ4v) is 3.01. The van der Waals surface area contributed by atoms with Crippen LogP contribution in [-0.2, 0) is 4.74 Å². The van der Waals surface area contributed by atoms with Crippen molar-refractivity contribution in [2.24, 2.45) is 0 Å². The molecule has 7 heteroatoms. The maximum Gasteiger partial charge on any atom is 0.343 e. The van der Waals surface area contributed by atoms with E-state index in [1.54, 1.807) is 25.4 Å². The number of esters is 1. The van der Waals surface area contributed by atoms with Gasteiger partial charge in [0.25, 0.3) is 0 Å². The Kier molecular flexibility index (Phi) is 4.01. The molecule has 0 amide bonds. The first kappa shape index (κ1) is 15.2. The van der Waals surface area contributed by atoms with Gasteiger partial charge in [-0.25, -0.2) is 9.78 Å². The number of likely N-dealkylation sites (tertiary alicyclic amines) is 1. The van der Waals surface area contributed by atoms with E-state index in [9.17, 15) is 9.59 Å². The molecular weight excluding hydrogens is 350 g/mol. The zero-order chi connectivity index (χ0) is 15.9. The van der Waals surface area contributed by atoms with Crippen molar-refractivity contribution in [2.75, 3.05) is 26.7 Å². The summed E-state index contributed by atoms with van der Waals surface area (Å²) in [6, 6.07) is 1.90. The highest BCUT2D eigenvalue weighted by atomic mass is 79.9. The summed E-state index contributed by atoms with van der Waals surface area (Å²) in [6.07, 6.45) is 3.24. The summed E-state index contributed by atoms with van der Waals surface area (Å²) in [7, 11) is 2.03. The molecule has 1 aliphatic rings. The van der Waals surface area contributed by atoms with E-state index in [4.69, 9.17) is 4.74 Å². The van der Waals surface area contributed by atoms with E-state index in [1.807, 2.05) is 11.6 Å². The molecule has 0 radical (unpaired) electrons. The van der Waals surface area contributed by atoms with Gasteiger partial charge in [-0.3, -0.25) is 4.79 Å². The number of carbonyl (C=O) groups is 1. The fraction of sp³-hybridized carbons (Fsp3) is 0.400. The van der Waals surface area contributed by atoms with Gasteiger partial charge in [0.1, 0.15) is 11.2 Å². The average Bonchev–Trinajstić information content (AvgIpc) is 2.45. The van der Waals surface area contributed by atoms with Crippen LogP contribution >= 0.6 is 15.9 Å². The third kappa shape index (κ3) is 2.55. The van der Waals surface area contributed by atoms with E-state index in [0.717, 1.165) is 13.1 Å². The van der Waals surface area contributed by atoms with Crippen LogP contribution in [0.3, 0.4) is 0 Å². The van der Waals surface area contributed by atoms with E-state index in [2.05, 4.69) is 25.8 Å². The van der Waals surface area contributed by atoms with Crippen LogP contribution in [-0.4, -0.2) is 47.2 Å². The minimum atomic E-state index is -0.587. The fourth-order valence-electron chi connectivity index (χ4n) is 2.68. The molecule has 0 atom stereocenters. The van der Waals surface area contributed by atoms with Crippen LogP contribution in [0.5, 0.6) is 0 Å². The Hall–Kier alpha value is -1.73. The molecule has 2 aromatic rings.